The lowest BCUT2D eigenvalue weighted by molar-refractivity contribution is 0.248. The molecule has 0 aromatic heterocycles. The molecule has 0 radical (unpaired) electrons. The summed E-state index contributed by atoms with van der Waals surface area (Å²) in [7, 11) is 0. The van der Waals surface area contributed by atoms with Crippen molar-refractivity contribution in [3.8, 4) is 0 Å². The summed E-state index contributed by atoms with van der Waals surface area (Å²) in [5.74, 6) is -0.522. The molecule has 17 heavy (non-hydrogen) atoms. The topological polar surface area (TPSA) is 67.1 Å². The van der Waals surface area contributed by atoms with Crippen LogP contribution in [0.2, 0.25) is 0 Å². The summed E-state index contributed by atoms with van der Waals surface area (Å²) in [6, 6.07) is 4.05. The van der Waals surface area contributed by atoms with E-state index in [0.717, 1.165) is 25.7 Å². The highest BCUT2D eigenvalue weighted by Crippen LogP contribution is 2.19. The van der Waals surface area contributed by atoms with Gasteiger partial charge in [0.2, 0.25) is 0 Å². The molecule has 0 unspecified atom stereocenters. The van der Waals surface area contributed by atoms with Gasteiger partial charge in [0, 0.05) is 11.7 Å². The quantitative estimate of drug-likeness (QED) is 0.692. The van der Waals surface area contributed by atoms with Crippen LogP contribution < -0.4 is 16.4 Å². The van der Waals surface area contributed by atoms with Gasteiger partial charge in [-0.05, 0) is 31.0 Å². The summed E-state index contributed by atoms with van der Waals surface area (Å²) in [6.45, 7) is 0. The first-order valence-corrected chi connectivity index (χ1v) is 5.77. The van der Waals surface area contributed by atoms with Gasteiger partial charge in [0.05, 0.1) is 5.69 Å². The number of hydrogen-bond acceptors (Lipinski definition) is 2. The van der Waals surface area contributed by atoms with Gasteiger partial charge in [0.25, 0.3) is 0 Å². The summed E-state index contributed by atoms with van der Waals surface area (Å²) < 4.78 is 13.4. The van der Waals surface area contributed by atoms with Crippen LogP contribution in [-0.2, 0) is 0 Å². The van der Waals surface area contributed by atoms with E-state index in [9.17, 15) is 9.18 Å². The molecule has 1 aliphatic rings. The number of nitrogens with one attached hydrogen (secondary N) is 2. The number of nitrogen functional groups attached to an aromatic ring is 1. The fraction of sp³-hybridized carbons (Fsp3) is 0.417. The molecular weight excluding hydrogens is 221 g/mol. The van der Waals surface area contributed by atoms with Crippen molar-refractivity contribution in [3.05, 3.63) is 24.0 Å². The smallest absolute Gasteiger partial charge is 0.319 e. The largest absolute Gasteiger partial charge is 0.399 e. The first-order chi connectivity index (χ1) is 8.15. The zero-order valence-electron chi connectivity index (χ0n) is 9.50. The maximum Gasteiger partial charge on any atom is 0.319 e. The Morgan fingerprint density at radius 3 is 2.71 bits per heavy atom. The zero-order valence-corrected chi connectivity index (χ0v) is 9.50. The number of amides is 2. The number of nitrogens with two attached hydrogens (primary N) is 1. The van der Waals surface area contributed by atoms with E-state index in [0.29, 0.717) is 5.69 Å². The van der Waals surface area contributed by atoms with E-state index < -0.39 is 5.82 Å². The van der Waals surface area contributed by atoms with Gasteiger partial charge in [-0.3, -0.25) is 0 Å². The Labute approximate surface area is 99.4 Å². The molecule has 1 aromatic rings. The number of benzene rings is 1. The third kappa shape index (κ3) is 3.09. The van der Waals surface area contributed by atoms with Crippen molar-refractivity contribution in [3.63, 3.8) is 0 Å². The molecule has 1 saturated carbocycles. The minimum absolute atomic E-state index is 0.148. The van der Waals surface area contributed by atoms with Crippen LogP contribution in [0.25, 0.3) is 0 Å². The first kappa shape index (κ1) is 11.7. The molecule has 92 valence electrons. The van der Waals surface area contributed by atoms with Crippen LogP contribution in [-0.4, -0.2) is 12.1 Å². The SMILES string of the molecule is Nc1ccc(NC(=O)NC2CCCC2)c(F)c1. The maximum atomic E-state index is 13.4. The van der Waals surface area contributed by atoms with Crippen LogP contribution in [0, 0.1) is 5.82 Å². The van der Waals surface area contributed by atoms with Gasteiger partial charge in [-0.25, -0.2) is 9.18 Å². The number of hydrogen-bond donors (Lipinski definition) is 3. The molecule has 0 aliphatic heterocycles. The molecule has 1 fully saturated rings. The molecule has 2 amide bonds. The van der Waals surface area contributed by atoms with Crippen LogP contribution in [0.4, 0.5) is 20.6 Å². The Bertz CT molecular complexity index is 416. The summed E-state index contributed by atoms with van der Waals surface area (Å²) in [6.07, 6.45) is 4.28. The monoisotopic (exact) mass is 237 g/mol. The fourth-order valence-corrected chi connectivity index (χ4v) is 2.05. The van der Waals surface area contributed by atoms with Crippen molar-refractivity contribution in [2.75, 3.05) is 11.1 Å². The van der Waals surface area contributed by atoms with E-state index in [1.165, 1.54) is 12.1 Å². The highest BCUT2D eigenvalue weighted by molar-refractivity contribution is 5.89. The Balaban J connectivity index is 1.93. The summed E-state index contributed by atoms with van der Waals surface area (Å²) >= 11 is 0. The zero-order chi connectivity index (χ0) is 12.3. The van der Waals surface area contributed by atoms with E-state index in [2.05, 4.69) is 10.6 Å². The average Bonchev–Trinajstić information content (AvgIpc) is 2.75. The Morgan fingerprint density at radius 1 is 1.35 bits per heavy atom. The highest BCUT2D eigenvalue weighted by Gasteiger charge is 2.17. The normalized spacial score (nSPS) is 15.8. The molecular formula is C12H16FN3O. The van der Waals surface area contributed by atoms with Crippen LogP contribution in [0.15, 0.2) is 18.2 Å². The van der Waals surface area contributed by atoms with E-state index in [-0.39, 0.29) is 17.8 Å². The predicted octanol–water partition coefficient (Wildman–Crippen LogP) is 2.47. The van der Waals surface area contributed by atoms with Crippen LogP contribution in [0.3, 0.4) is 0 Å². The molecule has 4 N–H and O–H groups in total. The Hall–Kier alpha value is -1.78. The van der Waals surface area contributed by atoms with Crippen molar-refractivity contribution in [2.45, 2.75) is 31.7 Å². The third-order valence-electron chi connectivity index (χ3n) is 2.93. The lowest BCUT2D eigenvalue weighted by atomic mass is 10.2. The van der Waals surface area contributed by atoms with Crippen molar-refractivity contribution in [1.82, 2.24) is 5.32 Å². The van der Waals surface area contributed by atoms with E-state index >= 15 is 0 Å². The average molecular weight is 237 g/mol. The number of halogens is 1. The molecule has 0 saturated heterocycles. The lowest BCUT2D eigenvalue weighted by Gasteiger charge is -2.13. The van der Waals surface area contributed by atoms with Crippen molar-refractivity contribution < 1.29 is 9.18 Å². The third-order valence-corrected chi connectivity index (χ3v) is 2.93. The number of carbonyl (C=O) groups is 1. The van der Waals surface area contributed by atoms with Gasteiger partial charge in [-0.2, -0.15) is 0 Å². The first-order valence-electron chi connectivity index (χ1n) is 5.77. The number of anilines is 2. The molecule has 5 heteroatoms. The summed E-state index contributed by atoms with van der Waals surface area (Å²) in [5.41, 5.74) is 5.91. The molecule has 2 rings (SSSR count). The maximum absolute atomic E-state index is 13.4. The van der Waals surface area contributed by atoms with E-state index in [1.54, 1.807) is 6.07 Å². The van der Waals surface area contributed by atoms with Gasteiger partial charge < -0.3 is 16.4 Å². The molecule has 1 aromatic carbocycles. The minimum Gasteiger partial charge on any atom is -0.399 e. The summed E-state index contributed by atoms with van der Waals surface area (Å²) in [4.78, 5) is 11.6. The number of carbonyl (C=O) groups excluding carboxylic acids is 1. The van der Waals surface area contributed by atoms with Gasteiger partial charge in [0.15, 0.2) is 0 Å². The lowest BCUT2D eigenvalue weighted by Crippen LogP contribution is -2.36. The molecule has 0 spiro atoms. The molecule has 0 heterocycles. The Kier molecular flexibility index (Phi) is 3.46. The second-order valence-corrected chi connectivity index (χ2v) is 4.32. The van der Waals surface area contributed by atoms with Gasteiger partial charge in [-0.15, -0.1) is 0 Å². The van der Waals surface area contributed by atoms with E-state index in [4.69, 9.17) is 5.73 Å². The molecule has 0 bridgehead atoms. The minimum atomic E-state index is -0.522. The predicted molar refractivity (Wildman–Crippen MR) is 65.2 cm³/mol. The molecule has 1 aliphatic carbocycles. The number of urea groups is 1. The number of rotatable bonds is 2. The fourth-order valence-electron chi connectivity index (χ4n) is 2.05. The molecule has 0 atom stereocenters. The van der Waals surface area contributed by atoms with E-state index in [1.807, 2.05) is 0 Å². The van der Waals surface area contributed by atoms with Gasteiger partial charge >= 0.3 is 6.03 Å². The van der Waals surface area contributed by atoms with Crippen molar-refractivity contribution in [1.29, 1.82) is 0 Å². The van der Waals surface area contributed by atoms with Gasteiger partial charge in [-0.1, -0.05) is 12.8 Å². The second kappa shape index (κ2) is 5.03. The van der Waals surface area contributed by atoms with Crippen molar-refractivity contribution >= 4 is 17.4 Å². The highest BCUT2D eigenvalue weighted by atomic mass is 19.1. The second-order valence-electron chi connectivity index (χ2n) is 4.32. The van der Waals surface area contributed by atoms with Crippen LogP contribution >= 0.6 is 0 Å². The Morgan fingerprint density at radius 2 is 2.06 bits per heavy atom. The van der Waals surface area contributed by atoms with Crippen LogP contribution in [0.5, 0.6) is 0 Å². The molecule has 4 nitrogen and oxygen atoms in total. The van der Waals surface area contributed by atoms with Crippen molar-refractivity contribution in [2.24, 2.45) is 0 Å². The van der Waals surface area contributed by atoms with Crippen LogP contribution in [0.1, 0.15) is 25.7 Å². The summed E-state index contributed by atoms with van der Waals surface area (Å²) in [5, 5.41) is 5.30. The van der Waals surface area contributed by atoms with Gasteiger partial charge in [0.1, 0.15) is 5.82 Å². The standard InChI is InChI=1S/C12H16FN3O/c13-10-7-8(14)5-6-11(10)16-12(17)15-9-3-1-2-4-9/h5-7,9H,1-4,14H2,(H2,15,16,17).